The van der Waals surface area contributed by atoms with Gasteiger partial charge in [0.15, 0.2) is 5.43 Å². The Kier molecular flexibility index (Phi) is 2.81. The maximum atomic E-state index is 12.2. The molecule has 0 saturated carbocycles. The lowest BCUT2D eigenvalue weighted by atomic mass is 10.2. The molecule has 0 bridgehead atoms. The molecule has 2 nitrogen and oxygen atoms in total. The molecule has 5 heteroatoms. The average molecular weight is 194 g/mol. The molecule has 66 valence electrons. The van der Waals surface area contributed by atoms with E-state index in [9.17, 15) is 13.6 Å². The second kappa shape index (κ2) is 3.67. The van der Waals surface area contributed by atoms with Crippen molar-refractivity contribution in [3.8, 4) is 0 Å². The highest BCUT2D eigenvalue weighted by Gasteiger charge is 2.15. The predicted octanol–water partition coefficient (Wildman–Crippen LogP) is 2.05. The molecule has 12 heavy (non-hydrogen) atoms. The summed E-state index contributed by atoms with van der Waals surface area (Å²) in [6, 6.07) is 1.05. The number of alkyl halides is 3. The summed E-state index contributed by atoms with van der Waals surface area (Å²) in [4.78, 5) is 13.4. The first-order valence-corrected chi connectivity index (χ1v) is 3.75. The van der Waals surface area contributed by atoms with Gasteiger partial charge in [0.05, 0.1) is 11.4 Å². The number of aromatic nitrogens is 1. The van der Waals surface area contributed by atoms with Gasteiger partial charge in [-0.1, -0.05) is 0 Å². The molecule has 0 unspecified atom stereocenters. The van der Waals surface area contributed by atoms with E-state index >= 15 is 0 Å². The highest BCUT2D eigenvalue weighted by atomic mass is 35.5. The number of aromatic amines is 1. The van der Waals surface area contributed by atoms with Crippen LogP contribution in [0.5, 0.6) is 0 Å². The predicted molar refractivity (Wildman–Crippen MR) is 41.6 cm³/mol. The van der Waals surface area contributed by atoms with Crippen LogP contribution < -0.4 is 5.43 Å². The van der Waals surface area contributed by atoms with Crippen LogP contribution in [0.3, 0.4) is 0 Å². The summed E-state index contributed by atoms with van der Waals surface area (Å²) in [5.74, 6) is -0.115. The van der Waals surface area contributed by atoms with E-state index in [0.717, 1.165) is 6.07 Å². The number of hydrogen-bond donors (Lipinski definition) is 1. The van der Waals surface area contributed by atoms with E-state index in [4.69, 9.17) is 11.6 Å². The summed E-state index contributed by atoms with van der Waals surface area (Å²) < 4.78 is 24.4. The minimum absolute atomic E-state index is 0.0826. The highest BCUT2D eigenvalue weighted by Crippen LogP contribution is 2.18. The monoisotopic (exact) mass is 193 g/mol. The average Bonchev–Trinajstić information content (AvgIpc) is 2.03. The lowest BCUT2D eigenvalue weighted by molar-refractivity contribution is 0.148. The van der Waals surface area contributed by atoms with Crippen molar-refractivity contribution in [2.75, 3.05) is 0 Å². The zero-order valence-electron chi connectivity index (χ0n) is 5.98. The van der Waals surface area contributed by atoms with Crippen molar-refractivity contribution in [1.82, 2.24) is 4.98 Å². The minimum atomic E-state index is -2.77. The Hall–Kier alpha value is -0.900. The smallest absolute Gasteiger partial charge is 0.269 e. The van der Waals surface area contributed by atoms with Crippen LogP contribution in [-0.4, -0.2) is 4.98 Å². The van der Waals surface area contributed by atoms with Crippen molar-refractivity contribution < 1.29 is 8.78 Å². The van der Waals surface area contributed by atoms with Crippen molar-refractivity contribution in [1.29, 1.82) is 0 Å². The van der Waals surface area contributed by atoms with Crippen LogP contribution in [0.25, 0.3) is 0 Å². The van der Waals surface area contributed by atoms with E-state index in [1.165, 1.54) is 6.20 Å². The first-order valence-electron chi connectivity index (χ1n) is 3.21. The van der Waals surface area contributed by atoms with Gasteiger partial charge >= 0.3 is 0 Å². The fourth-order valence-corrected chi connectivity index (χ4v) is 1.11. The summed E-state index contributed by atoms with van der Waals surface area (Å²) in [5, 5.41) is 0. The molecule has 1 N–H and O–H groups in total. The van der Waals surface area contributed by atoms with E-state index in [1.54, 1.807) is 0 Å². The summed E-state index contributed by atoms with van der Waals surface area (Å²) in [6.45, 7) is 0. The van der Waals surface area contributed by atoms with Crippen LogP contribution in [0.2, 0.25) is 0 Å². The van der Waals surface area contributed by atoms with E-state index < -0.39 is 17.4 Å². The third-order valence-electron chi connectivity index (χ3n) is 1.43. The van der Waals surface area contributed by atoms with Crippen LogP contribution in [0.4, 0.5) is 8.78 Å². The van der Waals surface area contributed by atoms with Crippen LogP contribution in [0, 0.1) is 0 Å². The Morgan fingerprint density at radius 2 is 2.25 bits per heavy atom. The number of rotatable bonds is 2. The summed E-state index contributed by atoms with van der Waals surface area (Å²) in [7, 11) is 0. The van der Waals surface area contributed by atoms with Gasteiger partial charge in [-0.3, -0.25) is 4.79 Å². The van der Waals surface area contributed by atoms with Gasteiger partial charge in [-0.05, 0) is 0 Å². The van der Waals surface area contributed by atoms with Gasteiger partial charge in [-0.15, -0.1) is 11.6 Å². The molecule has 1 aromatic heterocycles. The Morgan fingerprint density at radius 1 is 1.58 bits per heavy atom. The molecule has 1 aromatic rings. The molecule has 1 rings (SSSR count). The number of H-pyrrole nitrogens is 1. The first-order chi connectivity index (χ1) is 5.66. The number of hydrogen-bond acceptors (Lipinski definition) is 1. The third-order valence-corrected chi connectivity index (χ3v) is 1.70. The van der Waals surface area contributed by atoms with Crippen molar-refractivity contribution in [3.63, 3.8) is 0 Å². The van der Waals surface area contributed by atoms with Crippen LogP contribution in [0.1, 0.15) is 17.7 Å². The lowest BCUT2D eigenvalue weighted by Crippen LogP contribution is -2.12. The Morgan fingerprint density at radius 3 is 2.67 bits per heavy atom. The van der Waals surface area contributed by atoms with Gasteiger partial charge in [0, 0.05) is 18.0 Å². The molecule has 0 saturated heterocycles. The first kappa shape index (κ1) is 9.19. The highest BCUT2D eigenvalue weighted by molar-refractivity contribution is 6.17. The van der Waals surface area contributed by atoms with Gasteiger partial charge in [0.1, 0.15) is 0 Å². The van der Waals surface area contributed by atoms with E-state index in [1.807, 2.05) is 0 Å². The molecular formula is C7H6ClF2NO. The normalized spacial score (nSPS) is 10.7. The maximum absolute atomic E-state index is 12.2. The minimum Gasteiger partial charge on any atom is -0.363 e. The summed E-state index contributed by atoms with van der Waals surface area (Å²) in [6.07, 6.45) is -1.48. The summed E-state index contributed by atoms with van der Waals surface area (Å²) >= 11 is 5.34. The van der Waals surface area contributed by atoms with Crippen molar-refractivity contribution in [2.24, 2.45) is 0 Å². The van der Waals surface area contributed by atoms with Crippen molar-refractivity contribution in [2.45, 2.75) is 12.3 Å². The number of nitrogens with one attached hydrogen (secondary N) is 1. The second-order valence-corrected chi connectivity index (χ2v) is 2.44. The van der Waals surface area contributed by atoms with Gasteiger partial charge in [-0.25, -0.2) is 8.78 Å². The number of halogens is 3. The molecule has 0 radical (unpaired) electrons. The topological polar surface area (TPSA) is 32.9 Å². The maximum Gasteiger partial charge on any atom is 0.269 e. The molecule has 0 fully saturated rings. The van der Waals surface area contributed by atoms with Gasteiger partial charge in [0.25, 0.3) is 6.43 Å². The van der Waals surface area contributed by atoms with E-state index in [0.29, 0.717) is 0 Å². The Labute approximate surface area is 72.2 Å². The molecular weight excluding hydrogens is 188 g/mol. The van der Waals surface area contributed by atoms with Crippen LogP contribution >= 0.6 is 11.6 Å². The molecule has 0 aliphatic heterocycles. The molecule has 0 aromatic carbocycles. The quantitative estimate of drug-likeness (QED) is 0.717. The van der Waals surface area contributed by atoms with E-state index in [-0.39, 0.29) is 11.6 Å². The molecule has 1 heterocycles. The zero-order chi connectivity index (χ0) is 9.14. The second-order valence-electron chi connectivity index (χ2n) is 2.17. The summed E-state index contributed by atoms with van der Waals surface area (Å²) in [5.41, 5.74) is -1.13. The molecule has 0 aliphatic rings. The zero-order valence-corrected chi connectivity index (χ0v) is 6.74. The van der Waals surface area contributed by atoms with Gasteiger partial charge in [-0.2, -0.15) is 0 Å². The molecule has 0 atom stereocenters. The number of pyridine rings is 1. The fourth-order valence-electron chi connectivity index (χ4n) is 0.884. The van der Waals surface area contributed by atoms with Crippen molar-refractivity contribution >= 4 is 11.6 Å². The standard InChI is InChI=1S/C7H6ClF2NO/c8-3-4-6(7(9)10)5(12)1-2-11-4/h1-2,7H,3H2,(H,11,12). The SMILES string of the molecule is O=c1cc[nH]c(CCl)c1C(F)F. The van der Waals surface area contributed by atoms with Crippen LogP contribution in [-0.2, 0) is 5.88 Å². The largest absolute Gasteiger partial charge is 0.363 e. The third kappa shape index (κ3) is 1.64. The van der Waals surface area contributed by atoms with Crippen LogP contribution in [0.15, 0.2) is 17.1 Å². The van der Waals surface area contributed by atoms with E-state index in [2.05, 4.69) is 4.98 Å². The Bertz CT molecular complexity index is 323. The lowest BCUT2D eigenvalue weighted by Gasteiger charge is -2.03. The van der Waals surface area contributed by atoms with Gasteiger partial charge < -0.3 is 4.98 Å². The van der Waals surface area contributed by atoms with Gasteiger partial charge in [0.2, 0.25) is 0 Å². The molecule has 0 amide bonds. The van der Waals surface area contributed by atoms with Crippen molar-refractivity contribution in [3.05, 3.63) is 33.7 Å². The molecule has 0 aliphatic carbocycles. The Balaban J connectivity index is 3.30. The fraction of sp³-hybridized carbons (Fsp3) is 0.286. The molecule has 0 spiro atoms.